The van der Waals surface area contributed by atoms with Gasteiger partial charge in [0.25, 0.3) is 0 Å². The largest absolute Gasteiger partial charge is 0.493 e. The SMILES string of the molecule is COc1ccc(/C=C/C(=O)Nc2cccc3cn(C)nc23)cc1OC(C)=O. The van der Waals surface area contributed by atoms with Crippen molar-refractivity contribution >= 4 is 34.5 Å². The lowest BCUT2D eigenvalue weighted by atomic mass is 10.2. The van der Waals surface area contributed by atoms with Crippen molar-refractivity contribution in [3.05, 3.63) is 54.2 Å². The Kier molecular flexibility index (Phi) is 5.21. The average Bonchev–Trinajstić information content (AvgIpc) is 3.01. The van der Waals surface area contributed by atoms with Crippen LogP contribution in [-0.2, 0) is 16.6 Å². The topological polar surface area (TPSA) is 82.4 Å². The van der Waals surface area contributed by atoms with E-state index in [-0.39, 0.29) is 5.91 Å². The van der Waals surface area contributed by atoms with Crippen LogP contribution in [0.2, 0.25) is 0 Å². The number of amides is 1. The van der Waals surface area contributed by atoms with E-state index < -0.39 is 5.97 Å². The van der Waals surface area contributed by atoms with Crippen LogP contribution in [0, 0.1) is 0 Å². The van der Waals surface area contributed by atoms with E-state index >= 15 is 0 Å². The number of aromatic nitrogens is 2. The molecule has 27 heavy (non-hydrogen) atoms. The number of esters is 1. The molecular weight excluding hydrogens is 346 g/mol. The molecule has 0 aliphatic heterocycles. The average molecular weight is 365 g/mol. The van der Waals surface area contributed by atoms with Crippen LogP contribution in [0.15, 0.2) is 48.7 Å². The number of carbonyl (C=O) groups is 2. The number of hydrogen-bond acceptors (Lipinski definition) is 5. The highest BCUT2D eigenvalue weighted by Gasteiger charge is 2.09. The molecule has 0 atom stereocenters. The summed E-state index contributed by atoms with van der Waals surface area (Å²) >= 11 is 0. The molecule has 1 amide bonds. The van der Waals surface area contributed by atoms with E-state index in [1.165, 1.54) is 20.1 Å². The third-order valence-electron chi connectivity index (χ3n) is 3.78. The fourth-order valence-corrected chi connectivity index (χ4v) is 2.64. The fourth-order valence-electron chi connectivity index (χ4n) is 2.64. The summed E-state index contributed by atoms with van der Waals surface area (Å²) in [5, 5.41) is 8.13. The molecule has 1 heterocycles. The molecule has 0 saturated heterocycles. The third-order valence-corrected chi connectivity index (χ3v) is 3.78. The van der Waals surface area contributed by atoms with E-state index in [0.29, 0.717) is 22.7 Å². The van der Waals surface area contributed by atoms with Gasteiger partial charge in [-0.25, -0.2) is 0 Å². The molecule has 2 aromatic carbocycles. The van der Waals surface area contributed by atoms with Gasteiger partial charge in [0.2, 0.25) is 5.91 Å². The Morgan fingerprint density at radius 2 is 2.00 bits per heavy atom. The van der Waals surface area contributed by atoms with Crippen molar-refractivity contribution in [3.63, 3.8) is 0 Å². The summed E-state index contributed by atoms with van der Waals surface area (Å²) in [5.74, 6) is -0.00641. The first-order valence-electron chi connectivity index (χ1n) is 8.24. The van der Waals surface area contributed by atoms with E-state index in [4.69, 9.17) is 9.47 Å². The molecule has 0 radical (unpaired) electrons. The molecule has 7 nitrogen and oxygen atoms in total. The molecule has 0 bridgehead atoms. The van der Waals surface area contributed by atoms with Gasteiger partial charge in [-0.15, -0.1) is 0 Å². The summed E-state index contributed by atoms with van der Waals surface area (Å²) in [7, 11) is 3.32. The lowest BCUT2D eigenvalue weighted by Gasteiger charge is -2.08. The Balaban J connectivity index is 1.77. The molecule has 0 fully saturated rings. The standard InChI is InChI=1S/C20H19N3O4/c1-13(24)27-18-11-14(7-9-17(18)26-3)8-10-19(25)21-16-6-4-5-15-12-23(2)22-20(15)16/h4-12H,1-3H3,(H,21,25)/b10-8+. The van der Waals surface area contributed by atoms with E-state index in [0.717, 1.165) is 10.9 Å². The summed E-state index contributed by atoms with van der Waals surface area (Å²) in [6, 6.07) is 10.6. The van der Waals surface area contributed by atoms with Crippen LogP contribution in [0.4, 0.5) is 5.69 Å². The van der Waals surface area contributed by atoms with Crippen LogP contribution in [0.5, 0.6) is 11.5 Å². The monoisotopic (exact) mass is 365 g/mol. The minimum absolute atomic E-state index is 0.294. The quantitative estimate of drug-likeness (QED) is 0.427. The number of anilines is 1. The highest BCUT2D eigenvalue weighted by atomic mass is 16.6. The molecule has 138 valence electrons. The van der Waals surface area contributed by atoms with Crippen LogP contribution in [0.25, 0.3) is 17.0 Å². The Hall–Kier alpha value is -3.61. The Morgan fingerprint density at radius 3 is 2.74 bits per heavy atom. The molecule has 0 aliphatic rings. The van der Waals surface area contributed by atoms with E-state index in [1.54, 1.807) is 35.0 Å². The number of nitrogens with zero attached hydrogens (tertiary/aromatic N) is 2. The van der Waals surface area contributed by atoms with Crippen molar-refractivity contribution in [1.29, 1.82) is 0 Å². The lowest BCUT2D eigenvalue weighted by Crippen LogP contribution is -2.08. The number of fused-ring (bicyclic) bond motifs is 1. The zero-order chi connectivity index (χ0) is 19.4. The van der Waals surface area contributed by atoms with Gasteiger partial charge in [0.15, 0.2) is 11.5 Å². The molecule has 3 aromatic rings. The second-order valence-corrected chi connectivity index (χ2v) is 5.87. The Morgan fingerprint density at radius 1 is 1.19 bits per heavy atom. The fraction of sp³-hybridized carbons (Fsp3) is 0.150. The van der Waals surface area contributed by atoms with Gasteiger partial charge in [-0.05, 0) is 29.8 Å². The maximum absolute atomic E-state index is 12.3. The highest BCUT2D eigenvalue weighted by Crippen LogP contribution is 2.28. The van der Waals surface area contributed by atoms with E-state index in [2.05, 4.69) is 10.4 Å². The minimum atomic E-state index is -0.448. The zero-order valence-corrected chi connectivity index (χ0v) is 15.2. The Labute approximate surface area is 156 Å². The van der Waals surface area contributed by atoms with Crippen molar-refractivity contribution in [2.75, 3.05) is 12.4 Å². The van der Waals surface area contributed by atoms with Gasteiger partial charge < -0.3 is 14.8 Å². The van der Waals surface area contributed by atoms with Crippen molar-refractivity contribution in [2.24, 2.45) is 7.05 Å². The van der Waals surface area contributed by atoms with E-state index in [9.17, 15) is 9.59 Å². The van der Waals surface area contributed by atoms with Crippen LogP contribution < -0.4 is 14.8 Å². The van der Waals surface area contributed by atoms with Gasteiger partial charge in [0, 0.05) is 31.6 Å². The van der Waals surface area contributed by atoms with Crippen molar-refractivity contribution < 1.29 is 19.1 Å². The minimum Gasteiger partial charge on any atom is -0.493 e. The second kappa shape index (κ2) is 7.74. The number of methoxy groups -OCH3 is 1. The summed E-state index contributed by atoms with van der Waals surface area (Å²) in [4.78, 5) is 23.5. The summed E-state index contributed by atoms with van der Waals surface area (Å²) in [6.45, 7) is 1.31. The van der Waals surface area contributed by atoms with Crippen molar-refractivity contribution in [2.45, 2.75) is 6.92 Å². The molecule has 3 rings (SSSR count). The van der Waals surface area contributed by atoms with Crippen LogP contribution in [0.1, 0.15) is 12.5 Å². The summed E-state index contributed by atoms with van der Waals surface area (Å²) in [6.07, 6.45) is 4.91. The first-order chi connectivity index (χ1) is 13.0. The molecule has 1 N–H and O–H groups in total. The third kappa shape index (κ3) is 4.33. The number of aryl methyl sites for hydroxylation is 1. The normalized spacial score (nSPS) is 10.9. The van der Waals surface area contributed by atoms with Crippen LogP contribution >= 0.6 is 0 Å². The maximum Gasteiger partial charge on any atom is 0.308 e. The van der Waals surface area contributed by atoms with Crippen molar-refractivity contribution in [3.8, 4) is 11.5 Å². The Bertz CT molecular complexity index is 1040. The predicted molar refractivity (Wildman–Crippen MR) is 103 cm³/mol. The second-order valence-electron chi connectivity index (χ2n) is 5.87. The van der Waals surface area contributed by atoms with Gasteiger partial charge >= 0.3 is 5.97 Å². The van der Waals surface area contributed by atoms with Crippen molar-refractivity contribution in [1.82, 2.24) is 9.78 Å². The van der Waals surface area contributed by atoms with Gasteiger partial charge in [-0.1, -0.05) is 18.2 Å². The van der Waals surface area contributed by atoms with Gasteiger partial charge in [-0.2, -0.15) is 5.10 Å². The first-order valence-corrected chi connectivity index (χ1v) is 8.24. The summed E-state index contributed by atoms with van der Waals surface area (Å²) in [5.41, 5.74) is 2.06. The lowest BCUT2D eigenvalue weighted by molar-refractivity contribution is -0.132. The number of nitrogens with one attached hydrogen (secondary N) is 1. The van der Waals surface area contributed by atoms with Crippen LogP contribution in [-0.4, -0.2) is 28.8 Å². The first kappa shape index (κ1) is 18.2. The zero-order valence-electron chi connectivity index (χ0n) is 15.2. The number of rotatable bonds is 5. The number of hydrogen-bond donors (Lipinski definition) is 1. The molecule has 0 unspecified atom stereocenters. The highest BCUT2D eigenvalue weighted by molar-refractivity contribution is 6.06. The number of carbonyl (C=O) groups excluding carboxylic acids is 2. The van der Waals surface area contributed by atoms with Gasteiger partial charge in [0.05, 0.1) is 12.8 Å². The molecule has 1 aromatic heterocycles. The van der Waals surface area contributed by atoms with Gasteiger partial charge in [0.1, 0.15) is 5.52 Å². The number of ether oxygens (including phenoxy) is 2. The van der Waals surface area contributed by atoms with Crippen LogP contribution in [0.3, 0.4) is 0 Å². The van der Waals surface area contributed by atoms with E-state index in [1.807, 2.05) is 25.4 Å². The van der Waals surface area contributed by atoms with Gasteiger partial charge in [-0.3, -0.25) is 14.3 Å². The molecule has 7 heteroatoms. The molecule has 0 spiro atoms. The molecule has 0 saturated carbocycles. The molecular formula is C20H19N3O4. The smallest absolute Gasteiger partial charge is 0.308 e. The molecule has 0 aliphatic carbocycles. The maximum atomic E-state index is 12.3. The number of benzene rings is 2. The summed E-state index contributed by atoms with van der Waals surface area (Å²) < 4.78 is 12.0. The predicted octanol–water partition coefficient (Wildman–Crippen LogP) is 3.16.